The summed E-state index contributed by atoms with van der Waals surface area (Å²) in [5.41, 5.74) is 1.43. The first-order chi connectivity index (χ1) is 13.2. The maximum atomic E-state index is 12.9. The molecule has 152 valence electrons. The Morgan fingerprint density at radius 3 is 2.50 bits per heavy atom. The van der Waals surface area contributed by atoms with Crippen molar-refractivity contribution < 1.29 is 24.9 Å². The zero-order valence-corrected chi connectivity index (χ0v) is 16.3. The van der Waals surface area contributed by atoms with Crippen molar-refractivity contribution in [3.05, 3.63) is 52.0 Å². The number of aromatic nitrogens is 2. The Morgan fingerprint density at radius 2 is 1.89 bits per heavy atom. The molecule has 1 heterocycles. The van der Waals surface area contributed by atoms with Crippen LogP contribution in [0.25, 0.3) is 11.0 Å². The van der Waals surface area contributed by atoms with E-state index in [-0.39, 0.29) is 19.6 Å². The van der Waals surface area contributed by atoms with E-state index in [0.717, 1.165) is 11.1 Å². The number of fused-ring (bicyclic) bond motifs is 1. The molecule has 2 rings (SSSR count). The van der Waals surface area contributed by atoms with Gasteiger partial charge in [-0.2, -0.15) is 0 Å². The average Bonchev–Trinajstić information content (AvgIpc) is 2.68. The van der Waals surface area contributed by atoms with E-state index in [0.29, 0.717) is 11.0 Å². The minimum Gasteiger partial charge on any atom is -0.457 e. The largest absolute Gasteiger partial charge is 0.457 e. The third-order valence-corrected chi connectivity index (χ3v) is 4.66. The number of carbonyl (C=O) groups excluding carboxylic acids is 1. The van der Waals surface area contributed by atoms with Gasteiger partial charge < -0.3 is 24.6 Å². The summed E-state index contributed by atoms with van der Waals surface area (Å²) in [6.07, 6.45) is -2.39. The van der Waals surface area contributed by atoms with Crippen molar-refractivity contribution in [2.75, 3.05) is 6.61 Å². The number of hydrogen-bond acceptors (Lipinski definition) is 7. The summed E-state index contributed by atoms with van der Waals surface area (Å²) >= 11 is 0. The summed E-state index contributed by atoms with van der Waals surface area (Å²) in [5, 5.41) is 30.2. The summed E-state index contributed by atoms with van der Waals surface area (Å²) in [7, 11) is 0. The lowest BCUT2D eigenvalue weighted by Gasteiger charge is -2.23. The second kappa shape index (κ2) is 9.09. The molecule has 8 heteroatoms. The zero-order chi connectivity index (χ0) is 21.0. The van der Waals surface area contributed by atoms with Crippen LogP contribution in [0.2, 0.25) is 0 Å². The number of rotatable bonds is 8. The molecule has 28 heavy (non-hydrogen) atoms. The number of esters is 1. The molecule has 0 spiro atoms. The van der Waals surface area contributed by atoms with Crippen molar-refractivity contribution in [3.8, 4) is 0 Å². The first kappa shape index (κ1) is 21.7. The zero-order valence-electron chi connectivity index (χ0n) is 16.3. The molecule has 0 saturated carbocycles. The van der Waals surface area contributed by atoms with Crippen molar-refractivity contribution in [1.29, 1.82) is 0 Å². The number of ether oxygens (including phenoxy) is 1. The average molecular weight is 390 g/mol. The molecule has 0 radical (unpaired) electrons. The van der Waals surface area contributed by atoms with Crippen LogP contribution in [0.4, 0.5) is 0 Å². The maximum absolute atomic E-state index is 12.9. The van der Waals surface area contributed by atoms with Crippen LogP contribution in [0.1, 0.15) is 35.0 Å². The van der Waals surface area contributed by atoms with Crippen LogP contribution in [-0.4, -0.2) is 55.8 Å². The highest BCUT2D eigenvalue weighted by molar-refractivity contribution is 5.90. The summed E-state index contributed by atoms with van der Waals surface area (Å²) in [5.74, 6) is -0.901. The first-order valence-corrected chi connectivity index (χ1v) is 9.05. The highest BCUT2D eigenvalue weighted by Gasteiger charge is 2.26. The van der Waals surface area contributed by atoms with E-state index >= 15 is 0 Å². The number of benzene rings is 1. The van der Waals surface area contributed by atoms with E-state index in [1.807, 2.05) is 13.8 Å². The summed E-state index contributed by atoms with van der Waals surface area (Å²) in [6.45, 7) is 8.46. The molecule has 0 bridgehead atoms. The van der Waals surface area contributed by atoms with E-state index in [1.54, 1.807) is 19.1 Å². The van der Waals surface area contributed by atoms with E-state index in [9.17, 15) is 24.9 Å². The standard InChI is InChI=1S/C20H26N2O6/c1-5-7-28-20(27)17-19(26)22(10-16(24)18(25)15(23)6-2)14-9-12(4)11(3)8-13(14)21-17/h5,8-9,15-16,18,23-25H,1,6-7,10H2,2-4H3/t15-,16+,18-/m1/s1. The SMILES string of the molecule is C=CCOC(=O)c1nc2cc(C)c(C)cc2n(C[C@H](O)[C@H](O)[C@H](O)CC)c1=O. The predicted molar refractivity (Wildman–Crippen MR) is 104 cm³/mol. The van der Waals surface area contributed by atoms with Gasteiger partial charge in [0.2, 0.25) is 5.69 Å². The van der Waals surface area contributed by atoms with Crippen LogP contribution >= 0.6 is 0 Å². The molecular weight excluding hydrogens is 364 g/mol. The second-order valence-electron chi connectivity index (χ2n) is 6.72. The van der Waals surface area contributed by atoms with Crippen molar-refractivity contribution in [2.24, 2.45) is 0 Å². The van der Waals surface area contributed by atoms with Crippen LogP contribution in [-0.2, 0) is 11.3 Å². The van der Waals surface area contributed by atoms with Crippen LogP contribution in [0.5, 0.6) is 0 Å². The minimum atomic E-state index is -1.44. The van der Waals surface area contributed by atoms with E-state index in [4.69, 9.17) is 4.74 Å². The van der Waals surface area contributed by atoms with Gasteiger partial charge in [0.15, 0.2) is 0 Å². The molecule has 0 aliphatic heterocycles. The normalized spacial score (nSPS) is 14.5. The molecule has 0 aliphatic rings. The number of hydrogen-bond donors (Lipinski definition) is 3. The molecule has 0 saturated heterocycles. The van der Waals surface area contributed by atoms with Gasteiger partial charge in [-0.25, -0.2) is 9.78 Å². The molecule has 8 nitrogen and oxygen atoms in total. The highest BCUT2D eigenvalue weighted by atomic mass is 16.5. The van der Waals surface area contributed by atoms with Gasteiger partial charge in [-0.15, -0.1) is 0 Å². The summed E-state index contributed by atoms with van der Waals surface area (Å²) in [4.78, 5) is 29.3. The smallest absolute Gasteiger partial charge is 0.363 e. The Morgan fingerprint density at radius 1 is 1.25 bits per heavy atom. The monoisotopic (exact) mass is 390 g/mol. The molecule has 0 aliphatic carbocycles. The lowest BCUT2D eigenvalue weighted by Crippen LogP contribution is -2.42. The van der Waals surface area contributed by atoms with Crippen LogP contribution in [0, 0.1) is 13.8 Å². The number of aliphatic hydroxyl groups is 3. The fourth-order valence-corrected chi connectivity index (χ4v) is 2.81. The Balaban J connectivity index is 2.61. The first-order valence-electron chi connectivity index (χ1n) is 9.05. The maximum Gasteiger partial charge on any atom is 0.363 e. The summed E-state index contributed by atoms with van der Waals surface area (Å²) in [6, 6.07) is 3.46. The fraction of sp³-hybridized carbons (Fsp3) is 0.450. The molecule has 2 aromatic rings. The number of aryl methyl sites for hydroxylation is 2. The Kier molecular flexibility index (Phi) is 7.06. The molecule has 1 aromatic carbocycles. The third-order valence-electron chi connectivity index (χ3n) is 4.66. The lowest BCUT2D eigenvalue weighted by atomic mass is 10.1. The Hall–Kier alpha value is -2.55. The van der Waals surface area contributed by atoms with Crippen molar-refractivity contribution in [2.45, 2.75) is 52.0 Å². The molecule has 3 N–H and O–H groups in total. The lowest BCUT2D eigenvalue weighted by molar-refractivity contribution is -0.0651. The minimum absolute atomic E-state index is 0.0745. The molecule has 3 atom stereocenters. The fourth-order valence-electron chi connectivity index (χ4n) is 2.81. The van der Waals surface area contributed by atoms with Gasteiger partial charge in [0.1, 0.15) is 18.8 Å². The van der Waals surface area contributed by atoms with Gasteiger partial charge in [-0.1, -0.05) is 19.6 Å². The van der Waals surface area contributed by atoms with Gasteiger partial charge in [0, 0.05) is 0 Å². The topological polar surface area (TPSA) is 122 Å². The van der Waals surface area contributed by atoms with Crippen molar-refractivity contribution >= 4 is 17.0 Å². The van der Waals surface area contributed by atoms with Crippen molar-refractivity contribution in [3.63, 3.8) is 0 Å². The van der Waals surface area contributed by atoms with E-state index in [1.165, 1.54) is 10.6 Å². The number of aliphatic hydroxyl groups excluding tert-OH is 3. The van der Waals surface area contributed by atoms with Crippen LogP contribution in [0.3, 0.4) is 0 Å². The van der Waals surface area contributed by atoms with Gasteiger partial charge in [-0.3, -0.25) is 4.79 Å². The van der Waals surface area contributed by atoms with Crippen LogP contribution in [0.15, 0.2) is 29.6 Å². The van der Waals surface area contributed by atoms with Crippen LogP contribution < -0.4 is 5.56 Å². The molecule has 0 amide bonds. The van der Waals surface area contributed by atoms with Gasteiger partial charge in [0.05, 0.1) is 23.7 Å². The molecule has 0 unspecified atom stereocenters. The third kappa shape index (κ3) is 4.46. The summed E-state index contributed by atoms with van der Waals surface area (Å²) < 4.78 is 6.12. The van der Waals surface area contributed by atoms with Gasteiger partial charge in [-0.05, 0) is 43.5 Å². The molecular formula is C20H26N2O6. The second-order valence-corrected chi connectivity index (χ2v) is 6.72. The van der Waals surface area contributed by atoms with Gasteiger partial charge in [0.25, 0.3) is 5.56 Å². The van der Waals surface area contributed by atoms with Crippen molar-refractivity contribution in [1.82, 2.24) is 9.55 Å². The molecule has 1 aromatic heterocycles. The Bertz CT molecular complexity index is 936. The number of nitrogens with zero attached hydrogens (tertiary/aromatic N) is 2. The predicted octanol–water partition coefficient (Wildman–Crippen LogP) is 0.849. The quantitative estimate of drug-likeness (QED) is 0.451. The van der Waals surface area contributed by atoms with E-state index < -0.39 is 35.5 Å². The Labute approximate surface area is 162 Å². The van der Waals surface area contributed by atoms with Gasteiger partial charge >= 0.3 is 5.97 Å². The highest BCUT2D eigenvalue weighted by Crippen LogP contribution is 2.18. The van der Waals surface area contributed by atoms with E-state index in [2.05, 4.69) is 11.6 Å². The molecule has 0 fully saturated rings. The number of carbonyl (C=O) groups is 1.